The van der Waals surface area contributed by atoms with Crippen molar-refractivity contribution in [2.45, 2.75) is 40.5 Å². The predicted octanol–water partition coefficient (Wildman–Crippen LogP) is 6.57. The first-order valence-electron chi connectivity index (χ1n) is 11.7. The van der Waals surface area contributed by atoms with Crippen LogP contribution in [-0.4, -0.2) is 10.2 Å². The van der Waals surface area contributed by atoms with Gasteiger partial charge in [0.1, 0.15) is 0 Å². The molecule has 0 spiro atoms. The topological polar surface area (TPSA) is 0 Å². The van der Waals surface area contributed by atoms with E-state index >= 15 is 0 Å². The van der Waals surface area contributed by atoms with Crippen LogP contribution in [0.25, 0.3) is 22.8 Å². The van der Waals surface area contributed by atoms with E-state index in [1.165, 1.54) is 66.4 Å². The normalized spacial score (nSPS) is 19.9. The van der Waals surface area contributed by atoms with Crippen LogP contribution in [0.1, 0.15) is 61.4 Å². The van der Waals surface area contributed by atoms with Crippen LogP contribution in [0, 0.1) is 12.8 Å². The molecule has 2 atom stereocenters. The van der Waals surface area contributed by atoms with Crippen molar-refractivity contribution < 1.29 is 0 Å². The van der Waals surface area contributed by atoms with Crippen molar-refractivity contribution in [1.82, 2.24) is 0 Å². The van der Waals surface area contributed by atoms with E-state index in [0.717, 1.165) is 10.2 Å². The van der Waals surface area contributed by atoms with Crippen molar-refractivity contribution in [3.05, 3.63) is 111 Å². The molecule has 2 unspecified atom stereocenters. The Kier molecular flexibility index (Phi) is 5.18. The Hall–Kier alpha value is -2.90. The molecule has 3 aromatic carbocycles. The number of hydrogen-bond acceptors (Lipinski definition) is 0. The molecule has 0 radical (unpaired) electrons. The molecule has 0 amide bonds. The Bertz CT molecular complexity index is 1320. The minimum atomic E-state index is 0.318. The van der Waals surface area contributed by atoms with Gasteiger partial charge in [0.25, 0.3) is 0 Å². The van der Waals surface area contributed by atoms with Crippen LogP contribution in [0.3, 0.4) is 0 Å². The largest absolute Gasteiger partial charge is 0.0740 e. The minimum absolute atomic E-state index is 0.318. The first-order chi connectivity index (χ1) is 15.4. The maximum absolute atomic E-state index is 2.44. The first kappa shape index (κ1) is 21.0. The molecule has 1 heteroatoms. The Balaban J connectivity index is 1.73. The third kappa shape index (κ3) is 3.19. The molecular weight excluding hydrogens is 400 g/mol. The number of rotatable bonds is 3. The summed E-state index contributed by atoms with van der Waals surface area (Å²) in [5, 5.41) is 1.51. The van der Waals surface area contributed by atoms with Crippen LogP contribution in [0.5, 0.6) is 0 Å². The lowest BCUT2D eigenvalue weighted by Gasteiger charge is -2.25. The Labute approximate surface area is 195 Å². The Morgan fingerprint density at radius 2 is 1.53 bits per heavy atom. The molecule has 0 bridgehead atoms. The summed E-state index contributed by atoms with van der Waals surface area (Å²) in [4.78, 5) is 0. The molecule has 32 heavy (non-hydrogen) atoms. The quantitative estimate of drug-likeness (QED) is 0.411. The molecule has 0 saturated heterocycles. The fourth-order valence-corrected chi connectivity index (χ4v) is 6.24. The van der Waals surface area contributed by atoms with Crippen molar-refractivity contribution in [3.8, 4) is 11.1 Å². The molecule has 0 fully saturated rings. The Morgan fingerprint density at radius 1 is 0.781 bits per heavy atom. The highest BCUT2D eigenvalue weighted by atomic mass is 28.1. The van der Waals surface area contributed by atoms with Gasteiger partial charge in [-0.05, 0) is 77.8 Å². The van der Waals surface area contributed by atoms with E-state index in [1.807, 2.05) is 0 Å². The van der Waals surface area contributed by atoms with Gasteiger partial charge in [-0.25, -0.2) is 0 Å². The second-order valence-corrected chi connectivity index (χ2v) is 10.7. The van der Waals surface area contributed by atoms with Crippen LogP contribution in [0.2, 0.25) is 0 Å². The van der Waals surface area contributed by atoms with Gasteiger partial charge in [-0.3, -0.25) is 0 Å². The summed E-state index contributed by atoms with van der Waals surface area (Å²) in [5.41, 5.74) is 15.8. The van der Waals surface area contributed by atoms with Gasteiger partial charge in [-0.2, -0.15) is 0 Å². The molecule has 0 heterocycles. The zero-order valence-electron chi connectivity index (χ0n) is 20.1. The van der Waals surface area contributed by atoms with Crippen LogP contribution in [0.15, 0.2) is 83.5 Å². The molecule has 0 aliphatic heterocycles. The van der Waals surface area contributed by atoms with Gasteiger partial charge in [0.15, 0.2) is 0 Å². The smallest absolute Gasteiger partial charge is 0.0388 e. The highest BCUT2D eigenvalue weighted by Crippen LogP contribution is 2.48. The summed E-state index contributed by atoms with van der Waals surface area (Å²) in [6, 6.07) is 22.5. The van der Waals surface area contributed by atoms with E-state index in [-0.39, 0.29) is 0 Å². The van der Waals surface area contributed by atoms with Gasteiger partial charge in [-0.15, -0.1) is 0 Å². The van der Waals surface area contributed by atoms with Crippen molar-refractivity contribution in [3.63, 3.8) is 0 Å². The zero-order valence-corrected chi connectivity index (χ0v) is 22.1. The maximum Gasteiger partial charge on any atom is 0.0388 e. The van der Waals surface area contributed by atoms with Crippen LogP contribution in [-0.2, 0) is 0 Å². The molecule has 0 N–H and O–H groups in total. The second kappa shape index (κ2) is 7.90. The van der Waals surface area contributed by atoms with Crippen LogP contribution in [0.4, 0.5) is 0 Å². The standard InChI is InChI=1S/C31H32Si/c1-18-16-19(2)29(21(18)4)31-22(5)28(32)15-14-26(31)30-20(3)17-27-24(12-9-13-25(27)30)23-10-7-6-8-11-23/h6-17,19,30H,1-5,32H3. The fraction of sp³-hybridized carbons (Fsp3) is 0.226. The molecule has 160 valence electrons. The van der Waals surface area contributed by atoms with Crippen LogP contribution >= 0.6 is 0 Å². The number of hydrogen-bond donors (Lipinski definition) is 0. The highest BCUT2D eigenvalue weighted by Gasteiger charge is 2.31. The monoisotopic (exact) mass is 432 g/mol. The van der Waals surface area contributed by atoms with Gasteiger partial charge in [0.2, 0.25) is 0 Å². The van der Waals surface area contributed by atoms with E-state index in [2.05, 4.69) is 107 Å². The molecule has 0 nitrogen and oxygen atoms in total. The summed E-state index contributed by atoms with van der Waals surface area (Å²) < 4.78 is 0. The summed E-state index contributed by atoms with van der Waals surface area (Å²) in [5.74, 6) is 0.787. The fourth-order valence-electron chi connectivity index (χ4n) is 5.82. The molecular formula is C31H32Si. The van der Waals surface area contributed by atoms with E-state index in [1.54, 1.807) is 0 Å². The van der Waals surface area contributed by atoms with E-state index in [0.29, 0.717) is 11.8 Å². The third-order valence-corrected chi connectivity index (χ3v) is 8.75. The number of fused-ring (bicyclic) bond motifs is 1. The van der Waals surface area contributed by atoms with Gasteiger partial charge in [-0.1, -0.05) is 96.1 Å². The average Bonchev–Trinajstić information content (AvgIpc) is 3.25. The summed E-state index contributed by atoms with van der Waals surface area (Å²) in [6.45, 7) is 11.6. The molecule has 0 aromatic heterocycles. The average molecular weight is 433 g/mol. The predicted molar refractivity (Wildman–Crippen MR) is 144 cm³/mol. The first-order valence-corrected chi connectivity index (χ1v) is 12.7. The summed E-state index contributed by atoms with van der Waals surface area (Å²) >= 11 is 0. The van der Waals surface area contributed by atoms with E-state index in [9.17, 15) is 0 Å². The van der Waals surface area contributed by atoms with Crippen molar-refractivity contribution in [2.24, 2.45) is 5.92 Å². The van der Waals surface area contributed by atoms with Gasteiger partial charge < -0.3 is 0 Å². The third-order valence-electron chi connectivity index (χ3n) is 7.66. The lowest BCUT2D eigenvalue weighted by molar-refractivity contribution is 0.935. The maximum atomic E-state index is 2.44. The lowest BCUT2D eigenvalue weighted by Crippen LogP contribution is -2.16. The van der Waals surface area contributed by atoms with E-state index < -0.39 is 0 Å². The van der Waals surface area contributed by atoms with Gasteiger partial charge in [0.05, 0.1) is 0 Å². The summed E-state index contributed by atoms with van der Waals surface area (Å²) in [6.07, 6.45) is 4.87. The lowest BCUT2D eigenvalue weighted by atomic mass is 9.79. The van der Waals surface area contributed by atoms with E-state index in [4.69, 9.17) is 0 Å². The minimum Gasteiger partial charge on any atom is -0.0740 e. The second-order valence-electron chi connectivity index (χ2n) is 9.64. The molecule has 2 aliphatic carbocycles. The number of allylic oxidation sites excluding steroid dienone is 5. The molecule has 2 aliphatic rings. The van der Waals surface area contributed by atoms with Crippen LogP contribution < -0.4 is 5.19 Å². The number of benzene rings is 3. The molecule has 5 rings (SSSR count). The summed E-state index contributed by atoms with van der Waals surface area (Å²) in [7, 11) is 1.08. The van der Waals surface area contributed by atoms with Crippen molar-refractivity contribution >= 4 is 27.1 Å². The Morgan fingerprint density at radius 3 is 2.22 bits per heavy atom. The molecule has 3 aromatic rings. The van der Waals surface area contributed by atoms with Crippen molar-refractivity contribution in [2.75, 3.05) is 0 Å². The highest BCUT2D eigenvalue weighted by molar-refractivity contribution is 6.33. The zero-order chi connectivity index (χ0) is 22.6. The molecule has 0 saturated carbocycles. The van der Waals surface area contributed by atoms with Gasteiger partial charge in [0, 0.05) is 22.1 Å². The van der Waals surface area contributed by atoms with Crippen molar-refractivity contribution in [1.29, 1.82) is 0 Å². The SMILES string of the molecule is CC1=CC(C)C(c2c(C3C(C)=Cc4c(-c5ccccc5)cccc43)ccc([SiH3])c2C)=C1C. The van der Waals surface area contributed by atoms with Gasteiger partial charge >= 0.3 is 0 Å².